The van der Waals surface area contributed by atoms with E-state index in [4.69, 9.17) is 10.9 Å². The van der Waals surface area contributed by atoms with Crippen molar-refractivity contribution in [3.63, 3.8) is 0 Å². The quantitative estimate of drug-likeness (QED) is 0.326. The van der Waals surface area contributed by atoms with Gasteiger partial charge in [0.05, 0.1) is 12.5 Å². The van der Waals surface area contributed by atoms with Crippen molar-refractivity contribution < 1.29 is 10.0 Å². The van der Waals surface area contributed by atoms with Gasteiger partial charge < -0.3 is 16.3 Å². The number of carbonyl (C=O) groups is 1. The monoisotopic (exact) mass is 247 g/mol. The van der Waals surface area contributed by atoms with Gasteiger partial charge in [-0.05, 0) is 30.4 Å². The lowest BCUT2D eigenvalue weighted by Crippen LogP contribution is -2.33. The summed E-state index contributed by atoms with van der Waals surface area (Å²) in [6.07, 6.45) is 2.97. The Bertz CT molecular complexity index is 471. The van der Waals surface area contributed by atoms with Crippen LogP contribution in [0.25, 0.3) is 0 Å². The summed E-state index contributed by atoms with van der Waals surface area (Å²) in [5, 5.41) is 14.2. The molecule has 4 N–H and O–H groups in total. The average Bonchev–Trinajstić information content (AvgIpc) is 2.39. The molecule has 0 radical (unpaired) electrons. The van der Waals surface area contributed by atoms with Gasteiger partial charge in [-0.25, -0.2) is 0 Å². The molecule has 0 saturated carbocycles. The average molecular weight is 247 g/mol. The van der Waals surface area contributed by atoms with E-state index < -0.39 is 0 Å². The molecule has 1 amide bonds. The Kier molecular flexibility index (Phi) is 3.82. The molecule has 1 aromatic carbocycles. The summed E-state index contributed by atoms with van der Waals surface area (Å²) < 4.78 is 0. The molecule has 0 aromatic heterocycles. The van der Waals surface area contributed by atoms with Crippen LogP contribution in [-0.2, 0) is 11.2 Å². The Morgan fingerprint density at radius 3 is 3.06 bits per heavy atom. The highest BCUT2D eigenvalue weighted by atomic mass is 16.4. The van der Waals surface area contributed by atoms with Crippen LogP contribution < -0.4 is 11.1 Å². The maximum atomic E-state index is 11.7. The van der Waals surface area contributed by atoms with E-state index in [2.05, 4.69) is 16.5 Å². The number of rotatable bonds is 3. The molecule has 1 aliphatic rings. The normalized spacial score (nSPS) is 19.1. The maximum absolute atomic E-state index is 11.7. The third-order valence-electron chi connectivity index (χ3n) is 3.17. The number of hydrogen-bond donors (Lipinski definition) is 3. The second-order valence-corrected chi connectivity index (χ2v) is 4.48. The van der Waals surface area contributed by atoms with Gasteiger partial charge >= 0.3 is 0 Å². The standard InChI is InChI=1S/C13H17N3O2/c14-12(16-18)8-13(17)15-11-7-3-5-9-4-1-2-6-10(9)11/h1-2,4,6,11,18H,3,5,7-8H2,(H2,14,16)(H,15,17). The zero-order valence-corrected chi connectivity index (χ0v) is 10.1. The van der Waals surface area contributed by atoms with Crippen LogP contribution in [0.2, 0.25) is 0 Å². The molecule has 5 nitrogen and oxygen atoms in total. The molecule has 0 aliphatic heterocycles. The molecule has 0 bridgehead atoms. The number of nitrogens with one attached hydrogen (secondary N) is 1. The van der Waals surface area contributed by atoms with Crippen molar-refractivity contribution in [2.45, 2.75) is 31.7 Å². The van der Waals surface area contributed by atoms with Gasteiger partial charge in [-0.15, -0.1) is 0 Å². The van der Waals surface area contributed by atoms with Crippen molar-refractivity contribution >= 4 is 11.7 Å². The van der Waals surface area contributed by atoms with E-state index in [1.807, 2.05) is 18.2 Å². The lowest BCUT2D eigenvalue weighted by atomic mass is 9.87. The number of fused-ring (bicyclic) bond motifs is 1. The largest absolute Gasteiger partial charge is 0.409 e. The highest BCUT2D eigenvalue weighted by Gasteiger charge is 2.21. The number of aryl methyl sites for hydroxylation is 1. The number of nitrogens with zero attached hydrogens (tertiary/aromatic N) is 1. The fourth-order valence-corrected chi connectivity index (χ4v) is 2.35. The summed E-state index contributed by atoms with van der Waals surface area (Å²) in [6, 6.07) is 8.17. The molecule has 1 atom stereocenters. The minimum Gasteiger partial charge on any atom is -0.409 e. The van der Waals surface area contributed by atoms with Crippen molar-refractivity contribution in [3.05, 3.63) is 35.4 Å². The number of nitrogens with two attached hydrogens (primary N) is 1. The van der Waals surface area contributed by atoms with E-state index in [-0.39, 0.29) is 24.2 Å². The Hall–Kier alpha value is -2.04. The number of oxime groups is 1. The molecule has 0 fully saturated rings. The molecule has 0 saturated heterocycles. The molecule has 0 spiro atoms. The summed E-state index contributed by atoms with van der Waals surface area (Å²) in [4.78, 5) is 11.7. The van der Waals surface area contributed by atoms with Gasteiger partial charge in [0.15, 0.2) is 0 Å². The predicted octanol–water partition coefficient (Wildman–Crippen LogP) is 1.32. The summed E-state index contributed by atoms with van der Waals surface area (Å²) in [5.74, 6) is -0.288. The van der Waals surface area contributed by atoms with Crippen molar-refractivity contribution in [1.29, 1.82) is 0 Å². The molecular weight excluding hydrogens is 230 g/mol. The number of hydrogen-bond acceptors (Lipinski definition) is 3. The minimum absolute atomic E-state index is 0.0361. The van der Waals surface area contributed by atoms with E-state index in [1.165, 1.54) is 11.1 Å². The predicted molar refractivity (Wildman–Crippen MR) is 68.3 cm³/mol. The van der Waals surface area contributed by atoms with Gasteiger partial charge in [0.1, 0.15) is 5.84 Å². The first kappa shape index (κ1) is 12.4. The van der Waals surface area contributed by atoms with Crippen molar-refractivity contribution in [2.75, 3.05) is 0 Å². The van der Waals surface area contributed by atoms with Gasteiger partial charge in [0.2, 0.25) is 5.91 Å². The topological polar surface area (TPSA) is 87.7 Å². The van der Waals surface area contributed by atoms with Crippen LogP contribution in [0.15, 0.2) is 29.4 Å². The summed E-state index contributed by atoms with van der Waals surface area (Å²) in [6.45, 7) is 0. The van der Waals surface area contributed by atoms with Crippen LogP contribution in [0.3, 0.4) is 0 Å². The molecule has 96 valence electrons. The Labute approximate surface area is 106 Å². The second kappa shape index (κ2) is 5.53. The summed E-state index contributed by atoms with van der Waals surface area (Å²) in [5.41, 5.74) is 7.78. The molecule has 1 aromatic rings. The first-order valence-electron chi connectivity index (χ1n) is 6.04. The minimum atomic E-state index is -0.216. The number of benzene rings is 1. The van der Waals surface area contributed by atoms with Crippen LogP contribution in [-0.4, -0.2) is 17.0 Å². The van der Waals surface area contributed by atoms with Gasteiger partial charge in [-0.1, -0.05) is 29.4 Å². The lowest BCUT2D eigenvalue weighted by molar-refractivity contribution is -0.120. The fraction of sp³-hybridized carbons (Fsp3) is 0.385. The third-order valence-corrected chi connectivity index (χ3v) is 3.17. The SMILES string of the molecule is N/C(CC(=O)NC1CCCc2ccccc21)=N\O. The van der Waals surface area contributed by atoms with Crippen molar-refractivity contribution in [3.8, 4) is 0 Å². The molecule has 1 unspecified atom stereocenters. The molecular formula is C13H17N3O2. The fourth-order valence-electron chi connectivity index (χ4n) is 2.35. The number of amidine groups is 1. The van der Waals surface area contributed by atoms with Crippen LogP contribution in [0, 0.1) is 0 Å². The molecule has 5 heteroatoms. The first-order chi connectivity index (χ1) is 8.70. The van der Waals surface area contributed by atoms with Gasteiger partial charge in [0, 0.05) is 0 Å². The molecule has 1 aliphatic carbocycles. The van der Waals surface area contributed by atoms with E-state index in [0.717, 1.165) is 19.3 Å². The maximum Gasteiger partial charge on any atom is 0.228 e. The van der Waals surface area contributed by atoms with Crippen LogP contribution in [0.4, 0.5) is 0 Å². The molecule has 2 rings (SSSR count). The van der Waals surface area contributed by atoms with Crippen molar-refractivity contribution in [1.82, 2.24) is 5.32 Å². The van der Waals surface area contributed by atoms with E-state index in [0.29, 0.717) is 0 Å². The zero-order chi connectivity index (χ0) is 13.0. The highest BCUT2D eigenvalue weighted by molar-refractivity contribution is 5.98. The lowest BCUT2D eigenvalue weighted by Gasteiger charge is -2.26. The van der Waals surface area contributed by atoms with Crippen molar-refractivity contribution in [2.24, 2.45) is 10.9 Å². The van der Waals surface area contributed by atoms with E-state index in [1.54, 1.807) is 0 Å². The zero-order valence-electron chi connectivity index (χ0n) is 10.1. The highest BCUT2D eigenvalue weighted by Crippen LogP contribution is 2.29. The Morgan fingerprint density at radius 1 is 1.50 bits per heavy atom. The molecule has 18 heavy (non-hydrogen) atoms. The second-order valence-electron chi connectivity index (χ2n) is 4.48. The van der Waals surface area contributed by atoms with Gasteiger partial charge in [-0.2, -0.15) is 0 Å². The summed E-state index contributed by atoms with van der Waals surface area (Å²) in [7, 11) is 0. The molecule has 0 heterocycles. The van der Waals surface area contributed by atoms with E-state index >= 15 is 0 Å². The number of amides is 1. The van der Waals surface area contributed by atoms with Crippen LogP contribution in [0.1, 0.15) is 36.4 Å². The van der Waals surface area contributed by atoms with Gasteiger partial charge in [-0.3, -0.25) is 4.79 Å². The van der Waals surface area contributed by atoms with Crippen LogP contribution in [0.5, 0.6) is 0 Å². The third kappa shape index (κ3) is 2.80. The smallest absolute Gasteiger partial charge is 0.228 e. The Morgan fingerprint density at radius 2 is 2.28 bits per heavy atom. The Balaban J connectivity index is 2.05. The van der Waals surface area contributed by atoms with E-state index in [9.17, 15) is 4.79 Å². The summed E-state index contributed by atoms with van der Waals surface area (Å²) >= 11 is 0. The van der Waals surface area contributed by atoms with Crippen LogP contribution >= 0.6 is 0 Å². The van der Waals surface area contributed by atoms with Gasteiger partial charge in [0.25, 0.3) is 0 Å². The first-order valence-corrected chi connectivity index (χ1v) is 6.04. The number of carbonyl (C=O) groups excluding carboxylic acids is 1.